The summed E-state index contributed by atoms with van der Waals surface area (Å²) < 4.78 is 13.1. The lowest BCUT2D eigenvalue weighted by Gasteiger charge is -2.25. The number of halogens is 1. The van der Waals surface area contributed by atoms with Crippen molar-refractivity contribution in [2.75, 3.05) is 6.54 Å². The smallest absolute Gasteiger partial charge is 0.123 e. The first-order valence-corrected chi connectivity index (χ1v) is 7.83. The second kappa shape index (κ2) is 6.40. The summed E-state index contributed by atoms with van der Waals surface area (Å²) in [5, 5.41) is 0. The predicted octanol–water partition coefficient (Wildman–Crippen LogP) is 4.73. The maximum Gasteiger partial charge on any atom is 0.123 e. The third kappa shape index (κ3) is 3.33. The van der Waals surface area contributed by atoms with Gasteiger partial charge in [-0.05, 0) is 54.6 Å². The van der Waals surface area contributed by atoms with Crippen molar-refractivity contribution in [3.8, 4) is 0 Å². The average molecular weight is 283 g/mol. The van der Waals surface area contributed by atoms with Gasteiger partial charge in [-0.2, -0.15) is 0 Å². The minimum Gasteiger partial charge on any atom is -0.292 e. The molecule has 1 heterocycles. The number of likely N-dealkylation sites (tertiary alicyclic amines) is 1. The molecule has 0 N–H and O–H groups in total. The van der Waals surface area contributed by atoms with Crippen LogP contribution < -0.4 is 0 Å². The van der Waals surface area contributed by atoms with E-state index in [9.17, 15) is 4.39 Å². The van der Waals surface area contributed by atoms with Gasteiger partial charge >= 0.3 is 0 Å². The molecule has 0 spiro atoms. The Morgan fingerprint density at radius 3 is 2.33 bits per heavy atom. The van der Waals surface area contributed by atoms with Crippen molar-refractivity contribution in [1.29, 1.82) is 0 Å². The van der Waals surface area contributed by atoms with Gasteiger partial charge in [0.25, 0.3) is 0 Å². The minimum atomic E-state index is -0.154. The third-order valence-corrected chi connectivity index (χ3v) is 4.44. The van der Waals surface area contributed by atoms with Crippen molar-refractivity contribution in [3.05, 3.63) is 71.0 Å². The summed E-state index contributed by atoms with van der Waals surface area (Å²) in [7, 11) is 0. The summed E-state index contributed by atoms with van der Waals surface area (Å²) in [5.74, 6) is -0.154. The molecule has 0 aromatic heterocycles. The van der Waals surface area contributed by atoms with E-state index in [0.29, 0.717) is 6.04 Å². The highest BCUT2D eigenvalue weighted by Gasteiger charge is 2.25. The van der Waals surface area contributed by atoms with Gasteiger partial charge in [0, 0.05) is 12.6 Å². The first-order chi connectivity index (χ1) is 10.3. The molecule has 0 aliphatic carbocycles. The molecule has 1 fully saturated rings. The third-order valence-electron chi connectivity index (χ3n) is 4.44. The highest BCUT2D eigenvalue weighted by atomic mass is 19.1. The van der Waals surface area contributed by atoms with Gasteiger partial charge in [-0.1, -0.05) is 43.3 Å². The number of rotatable bonds is 4. The Hall–Kier alpha value is -1.67. The lowest BCUT2D eigenvalue weighted by molar-refractivity contribution is 0.248. The highest BCUT2D eigenvalue weighted by Crippen LogP contribution is 2.33. The summed E-state index contributed by atoms with van der Waals surface area (Å²) in [4.78, 5) is 2.51. The van der Waals surface area contributed by atoms with Crippen LogP contribution in [-0.2, 0) is 13.0 Å². The Kier molecular flexibility index (Phi) is 4.35. The zero-order valence-electron chi connectivity index (χ0n) is 12.6. The molecule has 0 bridgehead atoms. The van der Waals surface area contributed by atoms with Crippen molar-refractivity contribution in [1.82, 2.24) is 4.90 Å². The maximum atomic E-state index is 13.1. The average Bonchev–Trinajstić information content (AvgIpc) is 2.97. The molecule has 110 valence electrons. The molecule has 3 rings (SSSR count). The predicted molar refractivity (Wildman–Crippen MR) is 84.6 cm³/mol. The van der Waals surface area contributed by atoms with Crippen LogP contribution in [0.5, 0.6) is 0 Å². The number of hydrogen-bond acceptors (Lipinski definition) is 1. The zero-order valence-corrected chi connectivity index (χ0v) is 12.6. The first kappa shape index (κ1) is 14.3. The molecule has 1 aliphatic heterocycles. The molecule has 2 aromatic rings. The van der Waals surface area contributed by atoms with E-state index in [0.717, 1.165) is 19.5 Å². The molecule has 21 heavy (non-hydrogen) atoms. The lowest BCUT2D eigenvalue weighted by atomic mass is 10.0. The molecule has 0 unspecified atom stereocenters. The van der Waals surface area contributed by atoms with Crippen LogP contribution in [0.4, 0.5) is 4.39 Å². The topological polar surface area (TPSA) is 3.24 Å². The molecule has 1 aliphatic rings. The summed E-state index contributed by atoms with van der Waals surface area (Å²) in [6.45, 7) is 4.28. The minimum absolute atomic E-state index is 0.154. The summed E-state index contributed by atoms with van der Waals surface area (Å²) in [6.07, 6.45) is 3.47. The quantitative estimate of drug-likeness (QED) is 0.784. The number of benzene rings is 2. The maximum absolute atomic E-state index is 13.1. The molecule has 1 saturated heterocycles. The first-order valence-electron chi connectivity index (χ1n) is 7.83. The molecule has 0 amide bonds. The largest absolute Gasteiger partial charge is 0.292 e. The van der Waals surface area contributed by atoms with Gasteiger partial charge in [0.1, 0.15) is 5.82 Å². The molecule has 0 saturated carbocycles. The lowest BCUT2D eigenvalue weighted by Crippen LogP contribution is -2.22. The van der Waals surface area contributed by atoms with Crippen molar-refractivity contribution in [2.45, 2.75) is 38.8 Å². The van der Waals surface area contributed by atoms with Crippen molar-refractivity contribution in [2.24, 2.45) is 0 Å². The fourth-order valence-corrected chi connectivity index (χ4v) is 3.19. The number of nitrogens with zero attached hydrogens (tertiary/aromatic N) is 1. The Morgan fingerprint density at radius 2 is 1.67 bits per heavy atom. The normalized spacial score (nSPS) is 19.0. The van der Waals surface area contributed by atoms with E-state index in [-0.39, 0.29) is 5.82 Å². The summed E-state index contributed by atoms with van der Waals surface area (Å²) >= 11 is 0. The molecule has 2 heteroatoms. The Labute approximate surface area is 126 Å². The van der Waals surface area contributed by atoms with Crippen LogP contribution in [0, 0.1) is 5.82 Å². The number of aryl methyl sites for hydroxylation is 1. The van der Waals surface area contributed by atoms with E-state index in [1.165, 1.54) is 29.5 Å². The van der Waals surface area contributed by atoms with E-state index in [1.807, 2.05) is 12.1 Å². The second-order valence-corrected chi connectivity index (χ2v) is 5.85. The Balaban J connectivity index is 1.72. The van der Waals surface area contributed by atoms with E-state index in [2.05, 4.69) is 36.1 Å². The van der Waals surface area contributed by atoms with E-state index in [4.69, 9.17) is 0 Å². The highest BCUT2D eigenvalue weighted by molar-refractivity contribution is 5.24. The van der Waals surface area contributed by atoms with Crippen molar-refractivity contribution < 1.29 is 4.39 Å². The van der Waals surface area contributed by atoms with Crippen molar-refractivity contribution in [3.63, 3.8) is 0 Å². The molecule has 0 radical (unpaired) electrons. The van der Waals surface area contributed by atoms with Gasteiger partial charge in [-0.25, -0.2) is 4.39 Å². The molecular formula is C19H22FN. The standard InChI is InChI=1S/C19H22FN/c1-2-15-5-7-16(8-6-15)14-21-13-3-4-19(21)17-9-11-18(20)12-10-17/h5-12,19H,2-4,13-14H2,1H3/t19-/m0/s1. The summed E-state index contributed by atoms with van der Waals surface area (Å²) in [5.41, 5.74) is 3.98. The van der Waals surface area contributed by atoms with E-state index in [1.54, 1.807) is 12.1 Å². The van der Waals surface area contributed by atoms with Gasteiger partial charge < -0.3 is 0 Å². The monoisotopic (exact) mass is 283 g/mol. The molecule has 2 aromatic carbocycles. The van der Waals surface area contributed by atoms with Gasteiger partial charge in [0.15, 0.2) is 0 Å². The van der Waals surface area contributed by atoms with E-state index < -0.39 is 0 Å². The fourth-order valence-electron chi connectivity index (χ4n) is 3.19. The van der Waals surface area contributed by atoms with Crippen LogP contribution in [0.2, 0.25) is 0 Å². The van der Waals surface area contributed by atoms with E-state index >= 15 is 0 Å². The van der Waals surface area contributed by atoms with Gasteiger partial charge in [0.2, 0.25) is 0 Å². The fraction of sp³-hybridized carbons (Fsp3) is 0.368. The molecular weight excluding hydrogens is 261 g/mol. The molecule has 1 atom stereocenters. The zero-order chi connectivity index (χ0) is 14.7. The van der Waals surface area contributed by atoms with Crippen LogP contribution in [0.1, 0.15) is 42.5 Å². The molecule has 1 nitrogen and oxygen atoms in total. The van der Waals surface area contributed by atoms with Crippen LogP contribution in [0.3, 0.4) is 0 Å². The van der Waals surface area contributed by atoms with Crippen molar-refractivity contribution >= 4 is 0 Å². The van der Waals surface area contributed by atoms with Crippen LogP contribution >= 0.6 is 0 Å². The van der Waals surface area contributed by atoms with Gasteiger partial charge in [-0.3, -0.25) is 4.90 Å². The van der Waals surface area contributed by atoms with Crippen LogP contribution in [-0.4, -0.2) is 11.4 Å². The SMILES string of the molecule is CCc1ccc(CN2CCC[C@H]2c2ccc(F)cc2)cc1. The summed E-state index contributed by atoms with van der Waals surface area (Å²) in [6, 6.07) is 16.3. The van der Waals surface area contributed by atoms with Gasteiger partial charge in [0.05, 0.1) is 0 Å². The van der Waals surface area contributed by atoms with Crippen LogP contribution in [0.15, 0.2) is 48.5 Å². The Bertz CT molecular complexity index is 574. The van der Waals surface area contributed by atoms with Crippen LogP contribution in [0.25, 0.3) is 0 Å². The van der Waals surface area contributed by atoms with Gasteiger partial charge in [-0.15, -0.1) is 0 Å². The number of hydrogen-bond donors (Lipinski definition) is 0. The second-order valence-electron chi connectivity index (χ2n) is 5.85. The Morgan fingerprint density at radius 1 is 1.00 bits per heavy atom.